The molecule has 1 unspecified atom stereocenters. The Balaban J connectivity index is 2.03. The Morgan fingerprint density at radius 2 is 2.00 bits per heavy atom. The van der Waals surface area contributed by atoms with E-state index in [1.807, 2.05) is 52.0 Å². The van der Waals surface area contributed by atoms with E-state index < -0.39 is 0 Å². The van der Waals surface area contributed by atoms with Crippen LogP contribution in [0, 0.1) is 6.92 Å². The van der Waals surface area contributed by atoms with Gasteiger partial charge in [0, 0.05) is 17.8 Å². The van der Waals surface area contributed by atoms with Gasteiger partial charge >= 0.3 is 6.03 Å². The average molecular weight is 303 g/mol. The van der Waals surface area contributed by atoms with Gasteiger partial charge in [-0.05, 0) is 58.2 Å². The van der Waals surface area contributed by atoms with Gasteiger partial charge in [0.05, 0.1) is 0 Å². The molecule has 1 fully saturated rings. The molecule has 5 heteroatoms. The van der Waals surface area contributed by atoms with E-state index in [1.165, 1.54) is 0 Å². The fraction of sp³-hybridized carbons (Fsp3) is 0.529. The highest BCUT2D eigenvalue weighted by molar-refractivity contribution is 5.94. The number of urea groups is 1. The first-order valence-corrected chi connectivity index (χ1v) is 7.72. The third-order valence-corrected chi connectivity index (χ3v) is 3.58. The van der Waals surface area contributed by atoms with Crippen LogP contribution >= 0.6 is 0 Å². The van der Waals surface area contributed by atoms with Crippen molar-refractivity contribution in [2.75, 3.05) is 11.9 Å². The lowest BCUT2D eigenvalue weighted by Crippen LogP contribution is -2.52. The minimum Gasteiger partial charge on any atom is -0.350 e. The van der Waals surface area contributed by atoms with Crippen molar-refractivity contribution >= 4 is 17.6 Å². The lowest BCUT2D eigenvalue weighted by Gasteiger charge is -2.28. The molecule has 1 heterocycles. The molecule has 0 bridgehead atoms. The number of hydrogen-bond acceptors (Lipinski definition) is 2. The number of carbonyl (C=O) groups excluding carboxylic acids is 2. The molecule has 1 aliphatic heterocycles. The van der Waals surface area contributed by atoms with Crippen molar-refractivity contribution in [1.82, 2.24) is 10.2 Å². The van der Waals surface area contributed by atoms with Crippen LogP contribution < -0.4 is 10.6 Å². The Bertz CT molecular complexity index is 563. The van der Waals surface area contributed by atoms with Crippen molar-refractivity contribution in [3.63, 3.8) is 0 Å². The molecule has 2 rings (SSSR count). The van der Waals surface area contributed by atoms with Crippen LogP contribution in [0.5, 0.6) is 0 Å². The first-order valence-electron chi connectivity index (χ1n) is 7.72. The number of anilines is 1. The zero-order chi connectivity index (χ0) is 16.3. The zero-order valence-corrected chi connectivity index (χ0v) is 13.8. The van der Waals surface area contributed by atoms with Gasteiger partial charge in [-0.25, -0.2) is 4.79 Å². The summed E-state index contributed by atoms with van der Waals surface area (Å²) in [7, 11) is 0. The maximum Gasteiger partial charge on any atom is 0.322 e. The highest BCUT2D eigenvalue weighted by Crippen LogP contribution is 2.20. The van der Waals surface area contributed by atoms with Crippen molar-refractivity contribution < 1.29 is 9.59 Å². The molecule has 2 N–H and O–H groups in total. The summed E-state index contributed by atoms with van der Waals surface area (Å²) in [5.41, 5.74) is 1.55. The third kappa shape index (κ3) is 4.23. The molecule has 0 aliphatic carbocycles. The lowest BCUT2D eigenvalue weighted by atomic mass is 10.1. The Labute approximate surface area is 132 Å². The molecule has 1 atom stereocenters. The molecule has 1 aliphatic rings. The van der Waals surface area contributed by atoms with Gasteiger partial charge in [-0.2, -0.15) is 0 Å². The van der Waals surface area contributed by atoms with Crippen LogP contribution in [0.1, 0.15) is 39.2 Å². The number of carbonyl (C=O) groups is 2. The topological polar surface area (TPSA) is 61.4 Å². The molecule has 1 aromatic carbocycles. The molecule has 22 heavy (non-hydrogen) atoms. The summed E-state index contributed by atoms with van der Waals surface area (Å²) in [5, 5.41) is 5.84. The van der Waals surface area contributed by atoms with E-state index in [2.05, 4.69) is 10.6 Å². The number of benzene rings is 1. The maximum atomic E-state index is 12.4. The first-order chi connectivity index (χ1) is 10.3. The molecule has 0 radical (unpaired) electrons. The van der Waals surface area contributed by atoms with Crippen molar-refractivity contribution in [2.45, 2.75) is 52.1 Å². The van der Waals surface area contributed by atoms with Crippen LogP contribution in [0.2, 0.25) is 0 Å². The number of nitrogens with one attached hydrogen (secondary N) is 2. The number of amides is 3. The predicted molar refractivity (Wildman–Crippen MR) is 87.8 cm³/mol. The normalized spacial score (nSPS) is 18.2. The summed E-state index contributed by atoms with van der Waals surface area (Å²) in [5.74, 6) is -0.0793. The summed E-state index contributed by atoms with van der Waals surface area (Å²) in [6, 6.07) is 7.05. The van der Waals surface area contributed by atoms with Crippen LogP contribution in [0.25, 0.3) is 0 Å². The summed E-state index contributed by atoms with van der Waals surface area (Å²) in [6.45, 7) is 8.41. The van der Waals surface area contributed by atoms with Crippen molar-refractivity contribution in [1.29, 1.82) is 0 Å². The first kappa shape index (κ1) is 16.3. The minimum absolute atomic E-state index is 0.0793. The van der Waals surface area contributed by atoms with Gasteiger partial charge < -0.3 is 15.5 Å². The van der Waals surface area contributed by atoms with Crippen molar-refractivity contribution in [3.8, 4) is 0 Å². The van der Waals surface area contributed by atoms with Gasteiger partial charge in [-0.1, -0.05) is 12.1 Å². The molecule has 1 aromatic rings. The predicted octanol–water partition coefficient (Wildman–Crippen LogP) is 2.91. The molecule has 0 spiro atoms. The molecule has 3 amide bonds. The van der Waals surface area contributed by atoms with Gasteiger partial charge in [-0.15, -0.1) is 0 Å². The van der Waals surface area contributed by atoms with Crippen LogP contribution in [-0.2, 0) is 4.79 Å². The van der Waals surface area contributed by atoms with E-state index in [1.54, 1.807) is 4.90 Å². The number of nitrogens with zero attached hydrogens (tertiary/aromatic N) is 1. The molecule has 0 aromatic heterocycles. The van der Waals surface area contributed by atoms with E-state index in [-0.39, 0.29) is 23.5 Å². The highest BCUT2D eigenvalue weighted by Gasteiger charge is 2.35. The maximum absolute atomic E-state index is 12.4. The number of rotatable bonds is 2. The van der Waals surface area contributed by atoms with E-state index in [0.717, 1.165) is 17.7 Å². The Morgan fingerprint density at radius 1 is 1.27 bits per heavy atom. The minimum atomic E-state index is -0.385. The lowest BCUT2D eigenvalue weighted by molar-refractivity contribution is -0.126. The fourth-order valence-corrected chi connectivity index (χ4v) is 2.65. The Hall–Kier alpha value is -2.04. The third-order valence-electron chi connectivity index (χ3n) is 3.58. The van der Waals surface area contributed by atoms with Gasteiger partial charge in [0.1, 0.15) is 6.04 Å². The van der Waals surface area contributed by atoms with E-state index in [9.17, 15) is 9.59 Å². The van der Waals surface area contributed by atoms with Crippen LogP contribution in [-0.4, -0.2) is 35.0 Å². The molecule has 0 saturated carbocycles. The smallest absolute Gasteiger partial charge is 0.322 e. The van der Waals surface area contributed by atoms with Crippen LogP contribution in [0.15, 0.2) is 24.3 Å². The van der Waals surface area contributed by atoms with Gasteiger partial charge in [0.15, 0.2) is 0 Å². The Morgan fingerprint density at radius 3 is 2.64 bits per heavy atom. The molecular formula is C17H25N3O2. The SMILES string of the molecule is Cc1cccc(NC(=O)N2CCCC2C(=O)NC(C)(C)C)c1. The number of aryl methyl sites for hydroxylation is 1. The number of hydrogen-bond donors (Lipinski definition) is 2. The van der Waals surface area contributed by atoms with Crippen molar-refractivity contribution in [2.24, 2.45) is 0 Å². The fourth-order valence-electron chi connectivity index (χ4n) is 2.65. The quantitative estimate of drug-likeness (QED) is 0.882. The second-order valence-electron chi connectivity index (χ2n) is 6.89. The average Bonchev–Trinajstić information content (AvgIpc) is 2.85. The summed E-state index contributed by atoms with van der Waals surface area (Å²) >= 11 is 0. The zero-order valence-electron chi connectivity index (χ0n) is 13.8. The van der Waals surface area contributed by atoms with Gasteiger partial charge in [0.2, 0.25) is 5.91 Å². The van der Waals surface area contributed by atoms with E-state index >= 15 is 0 Å². The van der Waals surface area contributed by atoms with Gasteiger partial charge in [-0.3, -0.25) is 4.79 Å². The van der Waals surface area contributed by atoms with Crippen LogP contribution in [0.4, 0.5) is 10.5 Å². The second kappa shape index (κ2) is 6.38. The van der Waals surface area contributed by atoms with E-state index in [4.69, 9.17) is 0 Å². The highest BCUT2D eigenvalue weighted by atomic mass is 16.2. The molecule has 1 saturated heterocycles. The summed E-state index contributed by atoms with van der Waals surface area (Å²) < 4.78 is 0. The van der Waals surface area contributed by atoms with Gasteiger partial charge in [0.25, 0.3) is 0 Å². The second-order valence-corrected chi connectivity index (χ2v) is 6.89. The molecular weight excluding hydrogens is 278 g/mol. The standard InChI is InChI=1S/C17H25N3O2/c1-12-7-5-8-13(11-12)18-16(22)20-10-6-9-14(20)15(21)19-17(2,3)4/h5,7-8,11,14H,6,9-10H2,1-4H3,(H,18,22)(H,19,21). The molecule has 120 valence electrons. The largest absolute Gasteiger partial charge is 0.350 e. The Kier molecular flexibility index (Phi) is 4.74. The molecule has 5 nitrogen and oxygen atoms in total. The summed E-state index contributed by atoms with van der Waals surface area (Å²) in [4.78, 5) is 26.4. The summed E-state index contributed by atoms with van der Waals surface area (Å²) in [6.07, 6.45) is 1.56. The van der Waals surface area contributed by atoms with Crippen LogP contribution in [0.3, 0.4) is 0 Å². The van der Waals surface area contributed by atoms with E-state index in [0.29, 0.717) is 13.0 Å². The van der Waals surface area contributed by atoms with Crippen molar-refractivity contribution in [3.05, 3.63) is 29.8 Å². The number of likely N-dealkylation sites (tertiary alicyclic amines) is 1. The monoisotopic (exact) mass is 303 g/mol.